The van der Waals surface area contributed by atoms with Gasteiger partial charge in [-0.1, -0.05) is 50.2 Å². The van der Waals surface area contributed by atoms with E-state index in [0.29, 0.717) is 42.6 Å². The Morgan fingerprint density at radius 3 is 2.32 bits per heavy atom. The first kappa shape index (κ1) is 33.1. The Labute approximate surface area is 228 Å². The molecule has 0 heterocycles. The number of hydrogen-bond donors (Lipinski definition) is 3. The second-order valence-corrected chi connectivity index (χ2v) is 11.3. The smallest absolute Gasteiger partial charge is 0.215 e. The summed E-state index contributed by atoms with van der Waals surface area (Å²) in [5.41, 5.74) is 8.09. The van der Waals surface area contributed by atoms with Gasteiger partial charge in [-0.15, -0.1) is 12.4 Å². The number of sulfonamides is 1. The van der Waals surface area contributed by atoms with Crippen LogP contribution in [0.4, 0.5) is 0 Å². The maximum atomic E-state index is 12.4. The number of hydrogen-bond acceptors (Lipinski definition) is 7. The normalized spacial score (nSPS) is 14.0. The van der Waals surface area contributed by atoms with Gasteiger partial charge in [0, 0.05) is 32.7 Å². The SMILES string of the molecule is COCCCOc1cc(C[C@@H](C[C@H](N)[C@@H](O)CNS(=O)(=O)Cc2ccccc2)C(C)C)ccc1OC.Cl. The van der Waals surface area contributed by atoms with Crippen LogP contribution in [0, 0.1) is 11.8 Å². The molecule has 0 aromatic heterocycles. The van der Waals surface area contributed by atoms with Crippen LogP contribution >= 0.6 is 12.4 Å². The van der Waals surface area contributed by atoms with Crippen molar-refractivity contribution in [2.75, 3.05) is 34.0 Å². The third-order valence-electron chi connectivity index (χ3n) is 6.20. The van der Waals surface area contributed by atoms with Crippen molar-refractivity contribution >= 4 is 22.4 Å². The van der Waals surface area contributed by atoms with Gasteiger partial charge in [0.15, 0.2) is 11.5 Å². The van der Waals surface area contributed by atoms with Gasteiger partial charge < -0.3 is 25.1 Å². The van der Waals surface area contributed by atoms with Crippen LogP contribution in [0.2, 0.25) is 0 Å². The van der Waals surface area contributed by atoms with E-state index in [1.807, 2.05) is 24.3 Å². The zero-order valence-electron chi connectivity index (χ0n) is 22.3. The summed E-state index contributed by atoms with van der Waals surface area (Å²) in [6, 6.07) is 14.3. The van der Waals surface area contributed by atoms with Gasteiger partial charge in [0.25, 0.3) is 0 Å². The first-order chi connectivity index (χ1) is 17.1. The van der Waals surface area contributed by atoms with E-state index < -0.39 is 22.2 Å². The van der Waals surface area contributed by atoms with E-state index >= 15 is 0 Å². The van der Waals surface area contributed by atoms with Crippen LogP contribution in [0.25, 0.3) is 0 Å². The molecule has 10 heteroatoms. The summed E-state index contributed by atoms with van der Waals surface area (Å²) >= 11 is 0. The number of aliphatic hydroxyl groups excluding tert-OH is 1. The zero-order valence-corrected chi connectivity index (χ0v) is 23.9. The lowest BCUT2D eigenvalue weighted by molar-refractivity contribution is 0.129. The fourth-order valence-corrected chi connectivity index (χ4v) is 5.11. The van der Waals surface area contributed by atoms with Gasteiger partial charge in [-0.2, -0.15) is 0 Å². The standard InChI is InChI=1S/C27H42N2O6S.ClH/c1-20(2)23(15-22-11-12-26(34-4)27(16-22)35-14-8-13-33-3)17-24(28)25(30)18-29-36(31,32)19-21-9-6-5-7-10-21;/h5-7,9-12,16,20,23-25,29-30H,8,13-15,17-19,28H2,1-4H3;1H/t23-,24-,25-;/m0./s1. The molecule has 0 aliphatic rings. The fourth-order valence-electron chi connectivity index (χ4n) is 3.96. The van der Waals surface area contributed by atoms with Crippen LogP contribution < -0.4 is 19.9 Å². The highest BCUT2D eigenvalue weighted by molar-refractivity contribution is 7.88. The summed E-state index contributed by atoms with van der Waals surface area (Å²) in [6.45, 7) is 5.28. The number of methoxy groups -OCH3 is 2. The molecule has 8 nitrogen and oxygen atoms in total. The fraction of sp³-hybridized carbons (Fsp3) is 0.556. The van der Waals surface area contributed by atoms with Crippen LogP contribution in [-0.2, 0) is 26.9 Å². The van der Waals surface area contributed by atoms with Crippen molar-refractivity contribution in [1.82, 2.24) is 4.72 Å². The molecule has 0 amide bonds. The molecule has 0 radical (unpaired) electrons. The minimum absolute atomic E-state index is 0. The molecule has 210 valence electrons. The molecule has 0 unspecified atom stereocenters. The number of nitrogens with two attached hydrogens (primary N) is 1. The van der Waals surface area contributed by atoms with Crippen molar-refractivity contribution in [3.05, 3.63) is 59.7 Å². The highest BCUT2D eigenvalue weighted by atomic mass is 35.5. The first-order valence-corrected chi connectivity index (χ1v) is 14.0. The van der Waals surface area contributed by atoms with Crippen molar-refractivity contribution in [2.45, 2.75) is 51.0 Å². The monoisotopic (exact) mass is 558 g/mol. The van der Waals surface area contributed by atoms with Gasteiger partial charge in [0.1, 0.15) is 0 Å². The molecule has 0 saturated heterocycles. The van der Waals surface area contributed by atoms with Crippen molar-refractivity contribution in [3.8, 4) is 11.5 Å². The highest BCUT2D eigenvalue weighted by Crippen LogP contribution is 2.31. The second kappa shape index (κ2) is 16.9. The Bertz CT molecular complexity index is 1010. The average Bonchev–Trinajstić information content (AvgIpc) is 2.85. The quantitative estimate of drug-likeness (QED) is 0.254. The minimum Gasteiger partial charge on any atom is -0.493 e. The molecule has 2 rings (SSSR count). The van der Waals surface area contributed by atoms with E-state index in [1.54, 1.807) is 38.5 Å². The van der Waals surface area contributed by atoms with Crippen LogP contribution in [0.15, 0.2) is 48.5 Å². The van der Waals surface area contributed by atoms with Gasteiger partial charge in [-0.3, -0.25) is 0 Å². The second-order valence-electron chi connectivity index (χ2n) is 9.45. The molecule has 0 saturated carbocycles. The molecule has 0 aliphatic heterocycles. The molecule has 3 atom stereocenters. The lowest BCUT2D eigenvalue weighted by Gasteiger charge is -2.27. The van der Waals surface area contributed by atoms with Crippen molar-refractivity contribution in [1.29, 1.82) is 0 Å². The molecule has 0 bridgehead atoms. The van der Waals surface area contributed by atoms with Gasteiger partial charge >= 0.3 is 0 Å². The lowest BCUT2D eigenvalue weighted by Crippen LogP contribution is -2.45. The molecule has 37 heavy (non-hydrogen) atoms. The number of halogens is 1. The first-order valence-electron chi connectivity index (χ1n) is 12.4. The molecular formula is C27H43ClN2O6S. The number of rotatable bonds is 17. The predicted octanol–water partition coefficient (Wildman–Crippen LogP) is 3.54. The van der Waals surface area contributed by atoms with E-state index in [4.69, 9.17) is 19.9 Å². The van der Waals surface area contributed by atoms with Gasteiger partial charge in [0.05, 0.1) is 25.6 Å². The zero-order chi connectivity index (χ0) is 26.6. The Kier molecular flexibility index (Phi) is 15.1. The van der Waals surface area contributed by atoms with Gasteiger partial charge in [-0.05, 0) is 47.9 Å². The maximum Gasteiger partial charge on any atom is 0.215 e. The molecule has 4 N–H and O–H groups in total. The summed E-state index contributed by atoms with van der Waals surface area (Å²) in [7, 11) is -0.304. The van der Waals surface area contributed by atoms with E-state index in [2.05, 4.69) is 18.6 Å². The molecule has 0 fully saturated rings. The Balaban J connectivity index is 0.00000684. The number of nitrogens with one attached hydrogen (secondary N) is 1. The largest absolute Gasteiger partial charge is 0.493 e. The number of aliphatic hydroxyl groups is 1. The number of benzene rings is 2. The summed E-state index contributed by atoms with van der Waals surface area (Å²) in [4.78, 5) is 0. The Hall–Kier alpha value is -1.88. The minimum atomic E-state index is -3.58. The van der Waals surface area contributed by atoms with Gasteiger partial charge in [0.2, 0.25) is 10.0 Å². The van der Waals surface area contributed by atoms with Crippen molar-refractivity contribution in [3.63, 3.8) is 0 Å². The van der Waals surface area contributed by atoms with Gasteiger partial charge in [-0.25, -0.2) is 13.1 Å². The molecule has 0 aliphatic carbocycles. The topological polar surface area (TPSA) is 120 Å². The van der Waals surface area contributed by atoms with Crippen molar-refractivity contribution < 1.29 is 27.7 Å². The molecular weight excluding hydrogens is 516 g/mol. The molecule has 0 spiro atoms. The number of ether oxygens (including phenoxy) is 3. The molecule has 2 aromatic carbocycles. The summed E-state index contributed by atoms with van der Waals surface area (Å²) in [5, 5.41) is 10.6. The van der Waals surface area contributed by atoms with E-state index in [0.717, 1.165) is 18.4 Å². The van der Waals surface area contributed by atoms with Crippen molar-refractivity contribution in [2.24, 2.45) is 17.6 Å². The Morgan fingerprint density at radius 2 is 1.70 bits per heavy atom. The van der Waals surface area contributed by atoms with Crippen LogP contribution in [0.3, 0.4) is 0 Å². The van der Waals surface area contributed by atoms with Crippen LogP contribution in [-0.4, -0.2) is 59.6 Å². The Morgan fingerprint density at radius 1 is 1.00 bits per heavy atom. The third kappa shape index (κ3) is 12.0. The van der Waals surface area contributed by atoms with Crippen LogP contribution in [0.5, 0.6) is 11.5 Å². The molecule has 2 aromatic rings. The summed E-state index contributed by atoms with van der Waals surface area (Å²) in [5.74, 6) is 1.71. The summed E-state index contributed by atoms with van der Waals surface area (Å²) < 4.78 is 43.7. The van der Waals surface area contributed by atoms with Crippen LogP contribution in [0.1, 0.15) is 37.8 Å². The third-order valence-corrected chi connectivity index (χ3v) is 7.52. The average molecular weight is 559 g/mol. The van der Waals surface area contributed by atoms with E-state index in [9.17, 15) is 13.5 Å². The summed E-state index contributed by atoms with van der Waals surface area (Å²) in [6.07, 6.45) is 1.08. The predicted molar refractivity (Wildman–Crippen MR) is 150 cm³/mol. The highest BCUT2D eigenvalue weighted by Gasteiger charge is 2.24. The lowest BCUT2D eigenvalue weighted by atomic mass is 9.83. The van der Waals surface area contributed by atoms with E-state index in [1.165, 1.54) is 0 Å². The van der Waals surface area contributed by atoms with E-state index in [-0.39, 0.29) is 30.6 Å². The maximum absolute atomic E-state index is 12.4.